The predicted octanol–water partition coefficient (Wildman–Crippen LogP) is 2.29. The summed E-state index contributed by atoms with van der Waals surface area (Å²) >= 11 is 0. The van der Waals surface area contributed by atoms with Crippen LogP contribution in [0.1, 0.15) is 30.0 Å². The highest BCUT2D eigenvalue weighted by molar-refractivity contribution is 5.76. The Balaban J connectivity index is 2.20. The lowest BCUT2D eigenvalue weighted by atomic mass is 9.97. The molecule has 1 heterocycles. The average Bonchev–Trinajstić information content (AvgIpc) is 2.27. The van der Waals surface area contributed by atoms with E-state index in [0.717, 1.165) is 19.5 Å². The second-order valence-electron chi connectivity index (χ2n) is 4.19. The highest BCUT2D eigenvalue weighted by Crippen LogP contribution is 2.20. The van der Waals surface area contributed by atoms with Gasteiger partial charge in [-0.25, -0.2) is 0 Å². The SMILES string of the molecule is CCC(=O)N1CCc2cc(C)ccc2C1. The predicted molar refractivity (Wildman–Crippen MR) is 60.6 cm³/mol. The molecule has 1 aliphatic heterocycles. The molecule has 80 valence electrons. The molecule has 0 fully saturated rings. The number of rotatable bonds is 1. The summed E-state index contributed by atoms with van der Waals surface area (Å²) in [4.78, 5) is 13.5. The maximum absolute atomic E-state index is 11.6. The van der Waals surface area contributed by atoms with E-state index in [9.17, 15) is 4.79 Å². The number of fused-ring (bicyclic) bond motifs is 1. The Morgan fingerprint density at radius 1 is 1.40 bits per heavy atom. The number of nitrogens with zero attached hydrogens (tertiary/aromatic N) is 1. The fraction of sp³-hybridized carbons (Fsp3) is 0.462. The smallest absolute Gasteiger partial charge is 0.222 e. The number of amides is 1. The minimum atomic E-state index is 0.265. The van der Waals surface area contributed by atoms with E-state index in [1.807, 2.05) is 11.8 Å². The summed E-state index contributed by atoms with van der Waals surface area (Å²) in [5, 5.41) is 0. The van der Waals surface area contributed by atoms with Gasteiger partial charge in [0.05, 0.1) is 0 Å². The molecular formula is C13H17NO. The van der Waals surface area contributed by atoms with Crippen molar-refractivity contribution >= 4 is 5.91 Å². The van der Waals surface area contributed by atoms with E-state index < -0.39 is 0 Å². The van der Waals surface area contributed by atoms with Crippen molar-refractivity contribution in [2.45, 2.75) is 33.2 Å². The molecule has 1 aliphatic rings. The maximum atomic E-state index is 11.6. The van der Waals surface area contributed by atoms with Crippen LogP contribution < -0.4 is 0 Å². The number of aryl methyl sites for hydroxylation is 1. The molecule has 2 nitrogen and oxygen atoms in total. The number of benzene rings is 1. The summed E-state index contributed by atoms with van der Waals surface area (Å²) in [6.07, 6.45) is 1.62. The number of carbonyl (C=O) groups excluding carboxylic acids is 1. The zero-order chi connectivity index (χ0) is 10.8. The molecule has 0 bridgehead atoms. The van der Waals surface area contributed by atoms with E-state index >= 15 is 0 Å². The molecule has 1 aromatic rings. The normalized spacial score (nSPS) is 14.9. The van der Waals surface area contributed by atoms with Crippen molar-refractivity contribution in [3.8, 4) is 0 Å². The van der Waals surface area contributed by atoms with Crippen LogP contribution in [0.15, 0.2) is 18.2 Å². The molecule has 0 atom stereocenters. The van der Waals surface area contributed by atoms with Crippen LogP contribution in [-0.2, 0) is 17.8 Å². The van der Waals surface area contributed by atoms with Gasteiger partial charge in [0.2, 0.25) is 5.91 Å². The summed E-state index contributed by atoms with van der Waals surface area (Å²) < 4.78 is 0. The van der Waals surface area contributed by atoms with Gasteiger partial charge < -0.3 is 4.90 Å². The number of hydrogen-bond acceptors (Lipinski definition) is 1. The molecule has 0 N–H and O–H groups in total. The first-order chi connectivity index (χ1) is 7.20. The van der Waals surface area contributed by atoms with E-state index in [4.69, 9.17) is 0 Å². The summed E-state index contributed by atoms with van der Waals surface area (Å²) in [6.45, 7) is 5.71. The minimum absolute atomic E-state index is 0.265. The van der Waals surface area contributed by atoms with Crippen molar-refractivity contribution in [2.75, 3.05) is 6.54 Å². The third kappa shape index (κ3) is 2.04. The van der Waals surface area contributed by atoms with Gasteiger partial charge in [0, 0.05) is 19.5 Å². The molecule has 0 saturated heterocycles. The highest BCUT2D eigenvalue weighted by atomic mass is 16.2. The molecular weight excluding hydrogens is 186 g/mol. The molecule has 2 heteroatoms. The van der Waals surface area contributed by atoms with E-state index in [0.29, 0.717) is 6.42 Å². The Morgan fingerprint density at radius 2 is 2.20 bits per heavy atom. The van der Waals surface area contributed by atoms with Crippen molar-refractivity contribution in [1.29, 1.82) is 0 Å². The van der Waals surface area contributed by atoms with Gasteiger partial charge in [0.25, 0.3) is 0 Å². The van der Waals surface area contributed by atoms with Crippen LogP contribution in [0.2, 0.25) is 0 Å². The van der Waals surface area contributed by atoms with Crippen LogP contribution in [0.4, 0.5) is 0 Å². The standard InChI is InChI=1S/C13H17NO/c1-3-13(15)14-7-6-11-8-10(2)4-5-12(11)9-14/h4-5,8H,3,6-7,9H2,1-2H3. The second-order valence-corrected chi connectivity index (χ2v) is 4.19. The molecule has 0 aromatic heterocycles. The maximum Gasteiger partial charge on any atom is 0.222 e. The van der Waals surface area contributed by atoms with Crippen LogP contribution in [0.3, 0.4) is 0 Å². The summed E-state index contributed by atoms with van der Waals surface area (Å²) in [5.74, 6) is 0.265. The average molecular weight is 203 g/mol. The lowest BCUT2D eigenvalue weighted by Crippen LogP contribution is -2.35. The summed E-state index contributed by atoms with van der Waals surface area (Å²) in [5.41, 5.74) is 4.04. The fourth-order valence-corrected chi connectivity index (χ4v) is 2.12. The van der Waals surface area contributed by atoms with Crippen LogP contribution in [-0.4, -0.2) is 17.4 Å². The van der Waals surface area contributed by atoms with Crippen molar-refractivity contribution < 1.29 is 4.79 Å². The van der Waals surface area contributed by atoms with Crippen molar-refractivity contribution in [3.63, 3.8) is 0 Å². The molecule has 2 rings (SSSR count). The van der Waals surface area contributed by atoms with E-state index in [1.165, 1.54) is 16.7 Å². The Kier molecular flexibility index (Phi) is 2.76. The van der Waals surface area contributed by atoms with Gasteiger partial charge in [-0.05, 0) is 24.5 Å². The van der Waals surface area contributed by atoms with Gasteiger partial charge >= 0.3 is 0 Å². The van der Waals surface area contributed by atoms with Gasteiger partial charge in [-0.2, -0.15) is 0 Å². The lowest BCUT2D eigenvalue weighted by Gasteiger charge is -2.28. The second kappa shape index (κ2) is 4.05. The zero-order valence-electron chi connectivity index (χ0n) is 9.42. The van der Waals surface area contributed by atoms with Crippen LogP contribution >= 0.6 is 0 Å². The monoisotopic (exact) mass is 203 g/mol. The molecule has 0 unspecified atom stereocenters. The third-order valence-electron chi connectivity index (χ3n) is 3.03. The Bertz CT molecular complexity index is 384. The number of carbonyl (C=O) groups is 1. The molecule has 15 heavy (non-hydrogen) atoms. The minimum Gasteiger partial charge on any atom is -0.338 e. The molecule has 1 amide bonds. The van der Waals surface area contributed by atoms with Gasteiger partial charge in [0.15, 0.2) is 0 Å². The Morgan fingerprint density at radius 3 is 2.93 bits per heavy atom. The fourth-order valence-electron chi connectivity index (χ4n) is 2.12. The topological polar surface area (TPSA) is 20.3 Å². The van der Waals surface area contributed by atoms with Crippen LogP contribution in [0.25, 0.3) is 0 Å². The van der Waals surface area contributed by atoms with Crippen LogP contribution in [0, 0.1) is 6.92 Å². The molecule has 0 radical (unpaired) electrons. The molecule has 0 spiro atoms. The van der Waals surface area contributed by atoms with Crippen molar-refractivity contribution in [2.24, 2.45) is 0 Å². The van der Waals surface area contributed by atoms with Crippen molar-refractivity contribution in [3.05, 3.63) is 34.9 Å². The first-order valence-corrected chi connectivity index (χ1v) is 5.57. The molecule has 0 aliphatic carbocycles. The molecule has 1 aromatic carbocycles. The largest absolute Gasteiger partial charge is 0.338 e. The highest BCUT2D eigenvalue weighted by Gasteiger charge is 2.18. The first kappa shape index (κ1) is 10.2. The van der Waals surface area contributed by atoms with E-state index in [1.54, 1.807) is 0 Å². The van der Waals surface area contributed by atoms with Gasteiger partial charge in [0.1, 0.15) is 0 Å². The number of hydrogen-bond donors (Lipinski definition) is 0. The summed E-state index contributed by atoms with van der Waals surface area (Å²) in [6, 6.07) is 6.52. The van der Waals surface area contributed by atoms with E-state index in [2.05, 4.69) is 25.1 Å². The lowest BCUT2D eigenvalue weighted by molar-refractivity contribution is -0.131. The van der Waals surface area contributed by atoms with Crippen LogP contribution in [0.5, 0.6) is 0 Å². The Hall–Kier alpha value is -1.31. The van der Waals surface area contributed by atoms with Gasteiger partial charge in [-0.15, -0.1) is 0 Å². The Labute approximate surface area is 90.9 Å². The van der Waals surface area contributed by atoms with Gasteiger partial charge in [-0.3, -0.25) is 4.79 Å². The summed E-state index contributed by atoms with van der Waals surface area (Å²) in [7, 11) is 0. The van der Waals surface area contributed by atoms with E-state index in [-0.39, 0.29) is 5.91 Å². The zero-order valence-corrected chi connectivity index (χ0v) is 9.42. The van der Waals surface area contributed by atoms with Crippen molar-refractivity contribution in [1.82, 2.24) is 4.90 Å². The third-order valence-corrected chi connectivity index (χ3v) is 3.03. The quantitative estimate of drug-likeness (QED) is 0.685. The first-order valence-electron chi connectivity index (χ1n) is 5.57. The van der Waals surface area contributed by atoms with Gasteiger partial charge in [-0.1, -0.05) is 30.7 Å². The molecule has 0 saturated carbocycles.